The quantitative estimate of drug-likeness (QED) is 0.411. The Bertz CT molecular complexity index is 637. The second-order valence-electron chi connectivity index (χ2n) is 7.04. The largest absolute Gasteiger partial charge is 0.508 e. The number of aliphatic hydroxyl groups excluding tert-OH is 1. The molecule has 0 aromatic heterocycles. The normalized spacial score (nSPS) is 14.2. The van der Waals surface area contributed by atoms with Crippen LogP contribution >= 0.6 is 0 Å². The first-order valence-corrected chi connectivity index (χ1v) is 9.47. The molecule has 28 heavy (non-hydrogen) atoms. The lowest BCUT2D eigenvalue weighted by molar-refractivity contribution is -0.180. The van der Waals surface area contributed by atoms with Gasteiger partial charge in [-0.3, -0.25) is 4.79 Å². The molecular formula is C20H32N2O6. The van der Waals surface area contributed by atoms with E-state index in [1.165, 1.54) is 17.0 Å². The van der Waals surface area contributed by atoms with Crippen molar-refractivity contribution in [1.82, 2.24) is 10.2 Å². The Kier molecular flexibility index (Phi) is 9.75. The summed E-state index contributed by atoms with van der Waals surface area (Å²) >= 11 is 0. The summed E-state index contributed by atoms with van der Waals surface area (Å²) in [6, 6.07) is 6.21. The first-order chi connectivity index (χ1) is 13.2. The highest BCUT2D eigenvalue weighted by atomic mass is 16.7. The van der Waals surface area contributed by atoms with Gasteiger partial charge in [0.1, 0.15) is 5.75 Å². The van der Waals surface area contributed by atoms with Crippen LogP contribution in [0.25, 0.3) is 0 Å². The first-order valence-electron chi connectivity index (χ1n) is 9.47. The van der Waals surface area contributed by atoms with E-state index >= 15 is 0 Å². The minimum absolute atomic E-state index is 0.0201. The highest BCUT2D eigenvalue weighted by Gasteiger charge is 2.28. The standard InChI is InChI=1S/C20H32N2O6/c1-6-22(12-17(24)15-8-7-9-16(23)10-15)20(26)28-19(13(2)3)27-18(25)14(4)11-21-5/h7-10,13-14,17,19,21,23-24H,6,11-12H2,1-5H3. The molecule has 8 nitrogen and oxygen atoms in total. The van der Waals surface area contributed by atoms with Gasteiger partial charge in [-0.15, -0.1) is 0 Å². The fourth-order valence-corrected chi connectivity index (χ4v) is 2.47. The molecule has 1 aromatic rings. The monoisotopic (exact) mass is 396 g/mol. The number of hydrogen-bond donors (Lipinski definition) is 3. The molecule has 0 saturated heterocycles. The summed E-state index contributed by atoms with van der Waals surface area (Å²) in [6.45, 7) is 7.77. The number of phenolic OH excluding ortho intramolecular Hbond substituents is 1. The molecule has 3 unspecified atom stereocenters. The van der Waals surface area contributed by atoms with Crippen LogP contribution in [0.5, 0.6) is 5.75 Å². The van der Waals surface area contributed by atoms with Gasteiger partial charge in [-0.05, 0) is 31.7 Å². The molecule has 0 spiro atoms. The van der Waals surface area contributed by atoms with Crippen LogP contribution in [0.3, 0.4) is 0 Å². The topological polar surface area (TPSA) is 108 Å². The Balaban J connectivity index is 2.74. The molecule has 8 heteroatoms. The molecule has 0 heterocycles. The van der Waals surface area contributed by atoms with E-state index < -0.39 is 24.5 Å². The van der Waals surface area contributed by atoms with Gasteiger partial charge in [-0.25, -0.2) is 4.79 Å². The minimum atomic E-state index is -1.02. The fourth-order valence-electron chi connectivity index (χ4n) is 2.47. The third-order valence-corrected chi connectivity index (χ3v) is 4.19. The van der Waals surface area contributed by atoms with E-state index in [0.29, 0.717) is 18.7 Å². The average molecular weight is 396 g/mol. The smallest absolute Gasteiger partial charge is 0.412 e. The average Bonchev–Trinajstić information content (AvgIpc) is 2.65. The summed E-state index contributed by atoms with van der Waals surface area (Å²) in [6.07, 6.45) is -2.70. The van der Waals surface area contributed by atoms with Gasteiger partial charge in [0.25, 0.3) is 6.29 Å². The molecule has 1 amide bonds. The molecule has 0 aliphatic heterocycles. The van der Waals surface area contributed by atoms with Crippen LogP contribution in [0, 0.1) is 11.8 Å². The van der Waals surface area contributed by atoms with E-state index in [-0.39, 0.29) is 24.1 Å². The Labute approximate surface area is 166 Å². The van der Waals surface area contributed by atoms with Crippen molar-refractivity contribution in [2.75, 3.05) is 26.7 Å². The Morgan fingerprint density at radius 2 is 1.89 bits per heavy atom. The Morgan fingerprint density at radius 1 is 1.21 bits per heavy atom. The van der Waals surface area contributed by atoms with E-state index in [1.807, 2.05) is 0 Å². The number of nitrogens with zero attached hydrogens (tertiary/aromatic N) is 1. The number of benzene rings is 1. The zero-order valence-corrected chi connectivity index (χ0v) is 17.2. The number of likely N-dealkylation sites (N-methyl/N-ethyl adjacent to an activating group) is 1. The highest BCUT2D eigenvalue weighted by molar-refractivity contribution is 5.73. The maximum atomic E-state index is 12.5. The molecule has 0 aliphatic rings. The summed E-state index contributed by atoms with van der Waals surface area (Å²) in [4.78, 5) is 26.0. The minimum Gasteiger partial charge on any atom is -0.508 e. The number of rotatable bonds is 10. The lowest BCUT2D eigenvalue weighted by atomic mass is 10.1. The molecular weight excluding hydrogens is 364 g/mol. The number of carbonyl (C=O) groups is 2. The van der Waals surface area contributed by atoms with Gasteiger partial charge in [0.05, 0.1) is 18.6 Å². The summed E-state index contributed by atoms with van der Waals surface area (Å²) in [5.74, 6) is -1.03. The highest BCUT2D eigenvalue weighted by Crippen LogP contribution is 2.20. The molecule has 0 saturated carbocycles. The lowest BCUT2D eigenvalue weighted by Crippen LogP contribution is -2.40. The zero-order valence-electron chi connectivity index (χ0n) is 17.2. The van der Waals surface area contributed by atoms with E-state index in [1.54, 1.807) is 46.9 Å². The predicted molar refractivity (Wildman–Crippen MR) is 105 cm³/mol. The number of nitrogens with one attached hydrogen (secondary N) is 1. The third-order valence-electron chi connectivity index (χ3n) is 4.19. The van der Waals surface area contributed by atoms with Crippen molar-refractivity contribution in [3.63, 3.8) is 0 Å². The van der Waals surface area contributed by atoms with Crippen molar-refractivity contribution in [3.05, 3.63) is 29.8 Å². The third kappa shape index (κ3) is 7.36. The number of esters is 1. The van der Waals surface area contributed by atoms with Crippen LogP contribution in [-0.4, -0.2) is 60.1 Å². The lowest BCUT2D eigenvalue weighted by Gasteiger charge is -2.28. The zero-order chi connectivity index (χ0) is 21.3. The Morgan fingerprint density at radius 3 is 2.43 bits per heavy atom. The van der Waals surface area contributed by atoms with Crippen molar-refractivity contribution < 1.29 is 29.3 Å². The van der Waals surface area contributed by atoms with Crippen molar-refractivity contribution in [2.24, 2.45) is 11.8 Å². The molecule has 0 aliphatic carbocycles. The van der Waals surface area contributed by atoms with Crippen LogP contribution < -0.4 is 5.32 Å². The van der Waals surface area contributed by atoms with E-state index in [2.05, 4.69) is 5.32 Å². The number of amides is 1. The second-order valence-corrected chi connectivity index (χ2v) is 7.04. The van der Waals surface area contributed by atoms with Crippen LogP contribution in [0.1, 0.15) is 39.4 Å². The molecule has 1 aromatic carbocycles. The summed E-state index contributed by atoms with van der Waals surface area (Å²) in [5, 5.41) is 22.8. The van der Waals surface area contributed by atoms with Gasteiger partial charge in [0.2, 0.25) is 0 Å². The van der Waals surface area contributed by atoms with Gasteiger partial charge in [-0.2, -0.15) is 0 Å². The SMILES string of the molecule is CCN(CC(O)c1cccc(O)c1)C(=O)OC(OC(=O)C(C)CNC)C(C)C. The second kappa shape index (κ2) is 11.5. The van der Waals surface area contributed by atoms with Gasteiger partial charge in [0, 0.05) is 19.0 Å². The number of carbonyl (C=O) groups excluding carboxylic acids is 2. The van der Waals surface area contributed by atoms with Crippen molar-refractivity contribution >= 4 is 12.1 Å². The van der Waals surface area contributed by atoms with E-state index in [4.69, 9.17) is 9.47 Å². The molecule has 0 bridgehead atoms. The molecule has 1 rings (SSSR count). The number of phenols is 1. The summed E-state index contributed by atoms with van der Waals surface area (Å²) in [5.41, 5.74) is 0.485. The molecule has 0 radical (unpaired) electrons. The molecule has 3 atom stereocenters. The summed E-state index contributed by atoms with van der Waals surface area (Å²) < 4.78 is 10.7. The molecule has 0 fully saturated rings. The van der Waals surface area contributed by atoms with Gasteiger partial charge < -0.3 is 29.9 Å². The van der Waals surface area contributed by atoms with Crippen LogP contribution in [0.2, 0.25) is 0 Å². The van der Waals surface area contributed by atoms with E-state index in [9.17, 15) is 19.8 Å². The van der Waals surface area contributed by atoms with Crippen LogP contribution in [-0.2, 0) is 14.3 Å². The van der Waals surface area contributed by atoms with Crippen LogP contribution in [0.15, 0.2) is 24.3 Å². The number of aliphatic hydroxyl groups is 1. The molecule has 3 N–H and O–H groups in total. The van der Waals surface area contributed by atoms with Gasteiger partial charge in [0.15, 0.2) is 0 Å². The van der Waals surface area contributed by atoms with E-state index in [0.717, 1.165) is 0 Å². The maximum absolute atomic E-state index is 12.5. The van der Waals surface area contributed by atoms with Crippen molar-refractivity contribution in [1.29, 1.82) is 0 Å². The van der Waals surface area contributed by atoms with Crippen molar-refractivity contribution in [3.8, 4) is 5.75 Å². The maximum Gasteiger partial charge on any atom is 0.412 e. The van der Waals surface area contributed by atoms with Crippen molar-refractivity contribution in [2.45, 2.75) is 40.1 Å². The Hall–Kier alpha value is -2.32. The fraction of sp³-hybridized carbons (Fsp3) is 0.600. The summed E-state index contributed by atoms with van der Waals surface area (Å²) in [7, 11) is 1.74. The predicted octanol–water partition coefficient (Wildman–Crippen LogP) is 2.26. The number of ether oxygens (including phenoxy) is 2. The van der Waals surface area contributed by atoms with Gasteiger partial charge in [-0.1, -0.05) is 32.9 Å². The van der Waals surface area contributed by atoms with Crippen LogP contribution in [0.4, 0.5) is 4.79 Å². The first kappa shape index (κ1) is 23.7. The number of aromatic hydroxyl groups is 1. The molecule has 158 valence electrons. The number of hydrogen-bond acceptors (Lipinski definition) is 7. The van der Waals surface area contributed by atoms with Gasteiger partial charge >= 0.3 is 12.1 Å².